The van der Waals surface area contributed by atoms with E-state index in [-0.39, 0.29) is 0 Å². The number of carboxylic acids is 1. The Kier molecular flexibility index (Phi) is 4.00. The van der Waals surface area contributed by atoms with Crippen molar-refractivity contribution in [3.63, 3.8) is 0 Å². The van der Waals surface area contributed by atoms with Gasteiger partial charge in [0.15, 0.2) is 0 Å². The van der Waals surface area contributed by atoms with Gasteiger partial charge in [0, 0.05) is 0 Å². The number of hydrogen-bond donors (Lipinski definition) is 0. The molecule has 0 aromatic heterocycles. The maximum Gasteiger partial charge on any atom is 0.0668 e. The minimum Gasteiger partial charge on any atom is -0.545 e. The van der Waals surface area contributed by atoms with Gasteiger partial charge in [-0.15, -0.1) is 0 Å². The standard InChI is InChI=1S/C11H18O2/c1-9(11(12)13)8-10-6-4-2-3-5-7-10/h8,10H,2-7H2,1H3,(H,12,13)/p-1/b9-8+. The maximum atomic E-state index is 10.5. The average molecular weight is 181 g/mol. The van der Waals surface area contributed by atoms with Gasteiger partial charge in [-0.1, -0.05) is 31.8 Å². The molecule has 0 atom stereocenters. The molecule has 1 aliphatic carbocycles. The number of carbonyl (C=O) groups excluding carboxylic acids is 1. The summed E-state index contributed by atoms with van der Waals surface area (Å²) < 4.78 is 0. The molecular formula is C11H17O2-. The molecule has 74 valence electrons. The summed E-state index contributed by atoms with van der Waals surface area (Å²) in [6.45, 7) is 1.63. The first-order chi connectivity index (χ1) is 6.20. The highest BCUT2D eigenvalue weighted by molar-refractivity contribution is 5.83. The van der Waals surface area contributed by atoms with Crippen molar-refractivity contribution in [3.8, 4) is 0 Å². The molecule has 0 aromatic carbocycles. The molecule has 0 saturated heterocycles. The van der Waals surface area contributed by atoms with Gasteiger partial charge in [0.25, 0.3) is 0 Å². The Morgan fingerprint density at radius 3 is 2.23 bits per heavy atom. The van der Waals surface area contributed by atoms with Crippen molar-refractivity contribution in [2.75, 3.05) is 0 Å². The van der Waals surface area contributed by atoms with E-state index < -0.39 is 5.97 Å². The normalized spacial score (nSPS) is 21.2. The summed E-state index contributed by atoms with van der Waals surface area (Å²) in [6, 6.07) is 0. The number of rotatable bonds is 2. The third kappa shape index (κ3) is 3.62. The zero-order valence-corrected chi connectivity index (χ0v) is 8.21. The quantitative estimate of drug-likeness (QED) is 0.480. The Hall–Kier alpha value is -0.790. The van der Waals surface area contributed by atoms with Gasteiger partial charge < -0.3 is 9.90 Å². The van der Waals surface area contributed by atoms with E-state index in [0.29, 0.717) is 11.5 Å². The molecule has 0 heterocycles. The lowest BCUT2D eigenvalue weighted by atomic mass is 9.98. The molecule has 0 amide bonds. The number of allylic oxidation sites excluding steroid dienone is 1. The highest BCUT2D eigenvalue weighted by Crippen LogP contribution is 2.24. The molecule has 0 spiro atoms. The Morgan fingerprint density at radius 2 is 1.77 bits per heavy atom. The van der Waals surface area contributed by atoms with Crippen LogP contribution in [-0.2, 0) is 4.79 Å². The van der Waals surface area contributed by atoms with Crippen molar-refractivity contribution in [2.45, 2.75) is 45.4 Å². The van der Waals surface area contributed by atoms with Crippen LogP contribution in [0.1, 0.15) is 45.4 Å². The monoisotopic (exact) mass is 181 g/mol. The Morgan fingerprint density at radius 1 is 1.23 bits per heavy atom. The van der Waals surface area contributed by atoms with Gasteiger partial charge in [0.1, 0.15) is 0 Å². The molecule has 2 nitrogen and oxygen atoms in total. The fourth-order valence-corrected chi connectivity index (χ4v) is 1.90. The highest BCUT2D eigenvalue weighted by Gasteiger charge is 2.09. The number of aliphatic carboxylic acids is 1. The van der Waals surface area contributed by atoms with Gasteiger partial charge >= 0.3 is 0 Å². The van der Waals surface area contributed by atoms with Crippen LogP contribution < -0.4 is 5.11 Å². The van der Waals surface area contributed by atoms with Crippen LogP contribution in [0.25, 0.3) is 0 Å². The predicted molar refractivity (Wildman–Crippen MR) is 50.0 cm³/mol. The lowest BCUT2D eigenvalue weighted by molar-refractivity contribution is -0.299. The molecule has 0 bridgehead atoms. The van der Waals surface area contributed by atoms with Crippen molar-refractivity contribution in [2.24, 2.45) is 5.92 Å². The molecule has 13 heavy (non-hydrogen) atoms. The van der Waals surface area contributed by atoms with Gasteiger partial charge in [-0.05, 0) is 31.3 Å². The lowest BCUT2D eigenvalue weighted by Crippen LogP contribution is -2.23. The SMILES string of the molecule is C/C(=C\C1CCCCCC1)C(=O)[O-]. The molecule has 0 N–H and O–H groups in total. The maximum absolute atomic E-state index is 10.5. The van der Waals surface area contributed by atoms with Crippen LogP contribution >= 0.6 is 0 Å². The molecule has 1 fully saturated rings. The van der Waals surface area contributed by atoms with E-state index in [9.17, 15) is 9.90 Å². The summed E-state index contributed by atoms with van der Waals surface area (Å²) in [5, 5.41) is 10.5. The Labute approximate surface area is 79.6 Å². The van der Waals surface area contributed by atoms with Crippen LogP contribution in [0.15, 0.2) is 11.6 Å². The van der Waals surface area contributed by atoms with Crippen molar-refractivity contribution < 1.29 is 9.90 Å². The fourth-order valence-electron chi connectivity index (χ4n) is 1.90. The summed E-state index contributed by atoms with van der Waals surface area (Å²) in [5.74, 6) is -0.551. The van der Waals surface area contributed by atoms with Crippen molar-refractivity contribution in [1.82, 2.24) is 0 Å². The first-order valence-corrected chi connectivity index (χ1v) is 5.10. The highest BCUT2D eigenvalue weighted by atomic mass is 16.4. The molecule has 0 unspecified atom stereocenters. The summed E-state index contributed by atoms with van der Waals surface area (Å²) in [6.07, 6.45) is 9.24. The lowest BCUT2D eigenvalue weighted by Gasteiger charge is -2.10. The first-order valence-electron chi connectivity index (χ1n) is 5.10. The van der Waals surface area contributed by atoms with Crippen LogP contribution in [0.5, 0.6) is 0 Å². The minimum absolute atomic E-state index is 0.395. The van der Waals surface area contributed by atoms with Crippen LogP contribution in [-0.4, -0.2) is 5.97 Å². The van der Waals surface area contributed by atoms with E-state index in [4.69, 9.17) is 0 Å². The average Bonchev–Trinajstić information content (AvgIpc) is 2.32. The summed E-state index contributed by atoms with van der Waals surface area (Å²) in [7, 11) is 0. The Bertz CT molecular complexity index is 198. The summed E-state index contributed by atoms with van der Waals surface area (Å²) in [5.41, 5.74) is 0.395. The second kappa shape index (κ2) is 5.05. The number of hydrogen-bond acceptors (Lipinski definition) is 2. The Balaban J connectivity index is 2.50. The largest absolute Gasteiger partial charge is 0.545 e. The molecule has 1 rings (SSSR count). The molecule has 1 saturated carbocycles. The van der Waals surface area contributed by atoms with Crippen molar-refractivity contribution >= 4 is 5.97 Å². The van der Waals surface area contributed by atoms with Gasteiger partial charge in [0.2, 0.25) is 0 Å². The zero-order valence-electron chi connectivity index (χ0n) is 8.21. The molecule has 0 aromatic rings. The molecular weight excluding hydrogens is 164 g/mol. The van der Waals surface area contributed by atoms with Crippen molar-refractivity contribution in [3.05, 3.63) is 11.6 Å². The fraction of sp³-hybridized carbons (Fsp3) is 0.727. The van der Waals surface area contributed by atoms with Crippen molar-refractivity contribution in [1.29, 1.82) is 0 Å². The van der Waals surface area contributed by atoms with E-state index in [1.165, 1.54) is 25.7 Å². The van der Waals surface area contributed by atoms with Gasteiger partial charge in [0.05, 0.1) is 5.97 Å². The van der Waals surface area contributed by atoms with E-state index >= 15 is 0 Å². The van der Waals surface area contributed by atoms with E-state index in [2.05, 4.69) is 0 Å². The molecule has 1 aliphatic rings. The number of carbonyl (C=O) groups is 1. The third-order valence-electron chi connectivity index (χ3n) is 2.71. The van der Waals surface area contributed by atoms with Crippen LogP contribution in [0.3, 0.4) is 0 Å². The summed E-state index contributed by atoms with van der Waals surface area (Å²) in [4.78, 5) is 10.5. The number of carboxylic acid groups (broad SMARTS) is 1. The van der Waals surface area contributed by atoms with Gasteiger partial charge in [-0.3, -0.25) is 0 Å². The first kappa shape index (κ1) is 10.3. The zero-order chi connectivity index (χ0) is 9.68. The van der Waals surface area contributed by atoms with Crippen LogP contribution in [0.2, 0.25) is 0 Å². The molecule has 0 aliphatic heterocycles. The van der Waals surface area contributed by atoms with Gasteiger partial charge in [-0.2, -0.15) is 0 Å². The topological polar surface area (TPSA) is 40.1 Å². The summed E-state index contributed by atoms with van der Waals surface area (Å²) >= 11 is 0. The van der Waals surface area contributed by atoms with Crippen LogP contribution in [0.4, 0.5) is 0 Å². The second-order valence-corrected chi connectivity index (χ2v) is 3.89. The third-order valence-corrected chi connectivity index (χ3v) is 2.71. The minimum atomic E-state index is -1.02. The van der Waals surface area contributed by atoms with Crippen LogP contribution in [0, 0.1) is 5.92 Å². The smallest absolute Gasteiger partial charge is 0.0668 e. The van der Waals surface area contributed by atoms with Gasteiger partial charge in [-0.25, -0.2) is 0 Å². The van der Waals surface area contributed by atoms with E-state index in [0.717, 1.165) is 12.8 Å². The molecule has 2 heteroatoms. The predicted octanol–water partition coefficient (Wildman–Crippen LogP) is 1.65. The molecule has 0 radical (unpaired) electrons. The van der Waals surface area contributed by atoms with E-state index in [1.54, 1.807) is 6.92 Å². The van der Waals surface area contributed by atoms with E-state index in [1.807, 2.05) is 6.08 Å². The second-order valence-electron chi connectivity index (χ2n) is 3.89.